The number of ketones is 1. The van der Waals surface area contributed by atoms with Gasteiger partial charge in [-0.05, 0) is 48.6 Å². The average molecular weight is 312 g/mol. The second-order valence-corrected chi connectivity index (χ2v) is 5.79. The van der Waals surface area contributed by atoms with E-state index in [-0.39, 0.29) is 5.78 Å². The first-order valence-electron chi connectivity index (χ1n) is 7.11. The number of nitrogens with zero attached hydrogens (tertiary/aromatic N) is 1. The molecule has 2 heterocycles. The van der Waals surface area contributed by atoms with Crippen molar-refractivity contribution in [2.24, 2.45) is 0 Å². The Morgan fingerprint density at radius 2 is 2.09 bits per heavy atom. The fraction of sp³-hybridized carbons (Fsp3) is 0.176. The molecule has 1 aromatic carbocycles. The molecule has 3 aromatic rings. The maximum Gasteiger partial charge on any atom is 0.202 e. The Kier molecular flexibility index (Phi) is 4.65. The van der Waals surface area contributed by atoms with Crippen LogP contribution in [0.2, 0.25) is 0 Å². The van der Waals surface area contributed by atoms with Crippen LogP contribution in [-0.4, -0.2) is 22.4 Å². The van der Waals surface area contributed by atoms with Gasteiger partial charge in [0.15, 0.2) is 0 Å². The van der Waals surface area contributed by atoms with E-state index in [2.05, 4.69) is 9.97 Å². The van der Waals surface area contributed by atoms with E-state index in [4.69, 9.17) is 4.74 Å². The van der Waals surface area contributed by atoms with Crippen molar-refractivity contribution in [3.8, 4) is 5.75 Å². The molecule has 0 radical (unpaired) electrons. The summed E-state index contributed by atoms with van der Waals surface area (Å²) in [5.41, 5.74) is 1.73. The van der Waals surface area contributed by atoms with Gasteiger partial charge < -0.3 is 9.72 Å². The first kappa shape index (κ1) is 14.5. The Bertz CT molecular complexity index is 704. The number of ether oxygens (including phenoxy) is 1. The van der Waals surface area contributed by atoms with Crippen molar-refractivity contribution in [1.29, 1.82) is 0 Å². The Labute approximate surface area is 132 Å². The molecule has 0 amide bonds. The van der Waals surface area contributed by atoms with Crippen molar-refractivity contribution < 1.29 is 9.53 Å². The zero-order valence-electron chi connectivity index (χ0n) is 12.0. The Balaban J connectivity index is 1.50. The lowest BCUT2D eigenvalue weighted by Gasteiger charge is -2.06. The molecule has 5 heteroatoms. The van der Waals surface area contributed by atoms with Crippen molar-refractivity contribution in [3.63, 3.8) is 0 Å². The van der Waals surface area contributed by atoms with Gasteiger partial charge in [0.25, 0.3) is 0 Å². The van der Waals surface area contributed by atoms with E-state index in [1.165, 1.54) is 11.3 Å². The summed E-state index contributed by atoms with van der Waals surface area (Å²) in [5.74, 6) is 0.838. The summed E-state index contributed by atoms with van der Waals surface area (Å²) in [6, 6.07) is 11.0. The number of nitrogens with one attached hydrogen (secondary N) is 1. The summed E-state index contributed by atoms with van der Waals surface area (Å²) in [6.07, 6.45) is 5.36. The fourth-order valence-corrected chi connectivity index (χ4v) is 2.81. The molecule has 3 rings (SSSR count). The molecule has 0 aliphatic heterocycles. The predicted octanol–water partition coefficient (Wildman–Crippen LogP) is 3.71. The number of carbonyl (C=O) groups excluding carboxylic acids is 1. The number of aromatic nitrogens is 2. The first-order chi connectivity index (χ1) is 10.8. The van der Waals surface area contributed by atoms with Crippen LogP contribution in [0.4, 0.5) is 0 Å². The summed E-state index contributed by atoms with van der Waals surface area (Å²) in [6.45, 7) is 0.630. The number of rotatable bonds is 7. The molecule has 0 saturated heterocycles. The molecular weight excluding hydrogens is 296 g/mol. The predicted molar refractivity (Wildman–Crippen MR) is 86.6 cm³/mol. The molecule has 0 fully saturated rings. The Hall–Kier alpha value is -2.40. The van der Waals surface area contributed by atoms with Crippen LogP contribution in [0.25, 0.3) is 0 Å². The molecule has 22 heavy (non-hydrogen) atoms. The molecule has 0 aliphatic rings. The molecule has 0 aliphatic carbocycles. The highest BCUT2D eigenvalue weighted by molar-refractivity contribution is 7.12. The molecule has 0 atom stereocenters. The van der Waals surface area contributed by atoms with Crippen molar-refractivity contribution in [2.75, 3.05) is 6.61 Å². The van der Waals surface area contributed by atoms with Gasteiger partial charge in [-0.1, -0.05) is 6.07 Å². The normalized spacial score (nSPS) is 10.5. The molecule has 2 aromatic heterocycles. The number of hydrogen-bond acceptors (Lipinski definition) is 4. The van der Waals surface area contributed by atoms with Crippen LogP contribution in [0.5, 0.6) is 5.75 Å². The van der Waals surface area contributed by atoms with Gasteiger partial charge in [-0.15, -0.1) is 11.3 Å². The maximum absolute atomic E-state index is 12.2. The summed E-state index contributed by atoms with van der Waals surface area (Å²) >= 11 is 1.46. The van der Waals surface area contributed by atoms with Crippen LogP contribution in [0.15, 0.2) is 54.3 Å². The first-order valence-corrected chi connectivity index (χ1v) is 7.99. The molecular formula is C17H16N2O2S. The average Bonchev–Trinajstić information content (AvgIpc) is 3.25. The topological polar surface area (TPSA) is 55.0 Å². The Morgan fingerprint density at radius 1 is 1.23 bits per heavy atom. The highest BCUT2D eigenvalue weighted by Crippen LogP contribution is 2.18. The molecule has 1 N–H and O–H groups in total. The number of imidazole rings is 1. The highest BCUT2D eigenvalue weighted by atomic mass is 32.1. The monoisotopic (exact) mass is 312 g/mol. The van der Waals surface area contributed by atoms with Crippen LogP contribution < -0.4 is 4.74 Å². The summed E-state index contributed by atoms with van der Waals surface area (Å²) in [5, 5.41) is 1.91. The summed E-state index contributed by atoms with van der Waals surface area (Å²) in [7, 11) is 0. The number of hydrogen-bond donors (Lipinski definition) is 1. The van der Waals surface area contributed by atoms with Gasteiger partial charge in [0, 0.05) is 11.8 Å². The van der Waals surface area contributed by atoms with Gasteiger partial charge in [0.2, 0.25) is 5.78 Å². The van der Waals surface area contributed by atoms with Crippen LogP contribution in [0.1, 0.15) is 27.3 Å². The SMILES string of the molecule is O=C(c1ccc(OCCCc2c[nH]cn2)cc1)c1cccs1. The van der Waals surface area contributed by atoms with Gasteiger partial charge in [-0.2, -0.15) is 0 Å². The van der Waals surface area contributed by atoms with Crippen molar-refractivity contribution in [2.45, 2.75) is 12.8 Å². The van der Waals surface area contributed by atoms with E-state index in [9.17, 15) is 4.79 Å². The van der Waals surface area contributed by atoms with Gasteiger partial charge in [-0.25, -0.2) is 4.98 Å². The third-order valence-electron chi connectivity index (χ3n) is 3.26. The van der Waals surface area contributed by atoms with E-state index in [1.807, 2.05) is 48.0 Å². The minimum absolute atomic E-state index is 0.0556. The molecule has 112 valence electrons. The quantitative estimate of drug-likeness (QED) is 0.534. The summed E-state index contributed by atoms with van der Waals surface area (Å²) in [4.78, 5) is 20.0. The van der Waals surface area contributed by atoms with Gasteiger partial charge in [0.05, 0.1) is 23.5 Å². The molecule has 0 unspecified atom stereocenters. The number of aromatic amines is 1. The van der Waals surface area contributed by atoms with Gasteiger partial charge >= 0.3 is 0 Å². The number of carbonyl (C=O) groups is 1. The van der Waals surface area contributed by atoms with Crippen molar-refractivity contribution in [1.82, 2.24) is 9.97 Å². The second kappa shape index (κ2) is 7.04. The van der Waals surface area contributed by atoms with E-state index >= 15 is 0 Å². The number of aryl methyl sites for hydroxylation is 1. The number of benzene rings is 1. The lowest BCUT2D eigenvalue weighted by atomic mass is 10.1. The standard InChI is InChI=1S/C17H16N2O2S/c20-17(16-4-2-10-22-16)13-5-7-15(8-6-13)21-9-1-3-14-11-18-12-19-14/h2,4-8,10-12H,1,3,9H2,(H,18,19). The van der Waals surface area contributed by atoms with Crippen LogP contribution in [0.3, 0.4) is 0 Å². The summed E-state index contributed by atoms with van der Waals surface area (Å²) < 4.78 is 5.68. The minimum atomic E-state index is 0.0556. The molecule has 4 nitrogen and oxygen atoms in total. The fourth-order valence-electron chi connectivity index (χ4n) is 2.12. The van der Waals surface area contributed by atoms with Gasteiger partial charge in [-0.3, -0.25) is 4.79 Å². The van der Waals surface area contributed by atoms with Crippen molar-refractivity contribution in [3.05, 3.63) is 70.4 Å². The van der Waals surface area contributed by atoms with E-state index in [0.717, 1.165) is 29.2 Å². The maximum atomic E-state index is 12.2. The smallest absolute Gasteiger partial charge is 0.202 e. The lowest BCUT2D eigenvalue weighted by Crippen LogP contribution is -2.01. The van der Waals surface area contributed by atoms with E-state index in [1.54, 1.807) is 6.33 Å². The second-order valence-electron chi connectivity index (χ2n) is 4.84. The van der Waals surface area contributed by atoms with Gasteiger partial charge in [0.1, 0.15) is 5.75 Å². The van der Waals surface area contributed by atoms with Crippen molar-refractivity contribution >= 4 is 17.1 Å². The minimum Gasteiger partial charge on any atom is -0.494 e. The van der Waals surface area contributed by atoms with Crippen LogP contribution >= 0.6 is 11.3 Å². The highest BCUT2D eigenvalue weighted by Gasteiger charge is 2.09. The number of H-pyrrole nitrogens is 1. The molecule has 0 saturated carbocycles. The van der Waals surface area contributed by atoms with Crippen LogP contribution in [-0.2, 0) is 6.42 Å². The zero-order chi connectivity index (χ0) is 15.2. The largest absolute Gasteiger partial charge is 0.494 e. The van der Waals surface area contributed by atoms with E-state index in [0.29, 0.717) is 12.2 Å². The molecule has 0 spiro atoms. The van der Waals surface area contributed by atoms with E-state index < -0.39 is 0 Å². The third kappa shape index (κ3) is 3.62. The Morgan fingerprint density at radius 3 is 2.77 bits per heavy atom. The molecule has 0 bridgehead atoms. The third-order valence-corrected chi connectivity index (χ3v) is 4.13. The van der Waals surface area contributed by atoms with Crippen LogP contribution in [0, 0.1) is 0 Å². The zero-order valence-corrected chi connectivity index (χ0v) is 12.8. The lowest BCUT2D eigenvalue weighted by molar-refractivity contribution is 0.104. The number of thiophene rings is 1.